The van der Waals surface area contributed by atoms with Gasteiger partial charge in [-0.05, 0) is 75.3 Å². The summed E-state index contributed by atoms with van der Waals surface area (Å²) < 4.78 is 1.93. The molecule has 2 heterocycles. The normalized spacial score (nSPS) is 29.0. The van der Waals surface area contributed by atoms with E-state index in [9.17, 15) is 9.90 Å². The first-order valence-electron chi connectivity index (χ1n) is 12.6. The minimum Gasteiger partial charge on any atom is -0.390 e. The van der Waals surface area contributed by atoms with Crippen LogP contribution in [0.5, 0.6) is 0 Å². The molecule has 8 nitrogen and oxygen atoms in total. The Balaban J connectivity index is 1.25. The van der Waals surface area contributed by atoms with Crippen molar-refractivity contribution < 1.29 is 9.90 Å². The summed E-state index contributed by atoms with van der Waals surface area (Å²) in [5, 5.41) is 18.5. The molecule has 1 amide bonds. The maximum absolute atomic E-state index is 13.3. The Kier molecular flexibility index (Phi) is 5.18. The van der Waals surface area contributed by atoms with E-state index in [1.165, 1.54) is 0 Å². The van der Waals surface area contributed by atoms with Gasteiger partial charge in [0.25, 0.3) is 5.91 Å². The number of nitrogens with zero attached hydrogens (tertiary/aromatic N) is 4. The molecule has 0 saturated heterocycles. The number of nitrogens with one attached hydrogen (secondary N) is 1. The summed E-state index contributed by atoms with van der Waals surface area (Å²) in [5.41, 5.74) is 9.23. The average Bonchev–Trinajstić information content (AvgIpc) is 3.31. The highest BCUT2D eigenvalue weighted by atomic mass is 16.3. The van der Waals surface area contributed by atoms with Crippen molar-refractivity contribution in [2.75, 3.05) is 5.73 Å². The molecule has 4 bridgehead atoms. The number of anilines is 1. The van der Waals surface area contributed by atoms with Crippen LogP contribution in [-0.2, 0) is 0 Å². The number of aromatic nitrogens is 4. The van der Waals surface area contributed by atoms with Crippen LogP contribution in [0.2, 0.25) is 0 Å². The first-order valence-corrected chi connectivity index (χ1v) is 12.6. The summed E-state index contributed by atoms with van der Waals surface area (Å²) in [6, 6.07) is 8.33. The standard InChI is InChI=1S/C27H32N6O2/c1-15(2)33-14-21(12-30-33)17-4-3-5-18(8-17)22-13-29-25(28)24(31-22)26(34)32-23-19-6-16-7-20(23)11-27(35,9-16)10-19/h3-5,8,12-16,19-20,23,35H,6-7,9-11H2,1-2H3,(H2,28,29)(H,32,34). The number of carbonyl (C=O) groups is 1. The van der Waals surface area contributed by atoms with Gasteiger partial charge in [0.1, 0.15) is 0 Å². The van der Waals surface area contributed by atoms with Crippen LogP contribution in [0, 0.1) is 17.8 Å². The fourth-order valence-electron chi connectivity index (χ4n) is 6.77. The quantitative estimate of drug-likeness (QED) is 0.519. The number of hydrogen-bond acceptors (Lipinski definition) is 6. The second-order valence-electron chi connectivity index (χ2n) is 11.1. The van der Waals surface area contributed by atoms with Crippen LogP contribution in [-0.4, -0.2) is 42.4 Å². The highest BCUT2D eigenvalue weighted by molar-refractivity contribution is 5.97. The van der Waals surface area contributed by atoms with Crippen LogP contribution in [0.1, 0.15) is 62.5 Å². The van der Waals surface area contributed by atoms with E-state index in [2.05, 4.69) is 34.2 Å². The third kappa shape index (κ3) is 3.99. The molecule has 2 atom stereocenters. The zero-order valence-electron chi connectivity index (χ0n) is 20.2. The number of nitrogens with two attached hydrogens (primary N) is 1. The van der Waals surface area contributed by atoms with Crippen LogP contribution in [0.15, 0.2) is 42.9 Å². The van der Waals surface area contributed by atoms with E-state index >= 15 is 0 Å². The van der Waals surface area contributed by atoms with Gasteiger partial charge in [0.05, 0.1) is 23.7 Å². The maximum Gasteiger partial charge on any atom is 0.273 e. The zero-order valence-corrected chi connectivity index (χ0v) is 20.2. The fourth-order valence-corrected chi connectivity index (χ4v) is 6.77. The van der Waals surface area contributed by atoms with Crippen LogP contribution in [0.4, 0.5) is 5.82 Å². The first kappa shape index (κ1) is 22.2. The summed E-state index contributed by atoms with van der Waals surface area (Å²) >= 11 is 0. The predicted molar refractivity (Wildman–Crippen MR) is 133 cm³/mol. The van der Waals surface area contributed by atoms with Gasteiger partial charge in [0.2, 0.25) is 0 Å². The Morgan fingerprint density at radius 3 is 2.57 bits per heavy atom. The number of amides is 1. The van der Waals surface area contributed by atoms with Crippen LogP contribution in [0.25, 0.3) is 22.4 Å². The minimum atomic E-state index is -0.535. The molecule has 182 valence electrons. The number of hydrogen-bond donors (Lipinski definition) is 3. The Bertz CT molecular complexity index is 1270. The molecule has 0 radical (unpaired) electrons. The molecule has 3 aromatic rings. The molecule has 2 aromatic heterocycles. The van der Waals surface area contributed by atoms with Gasteiger partial charge in [-0.25, -0.2) is 9.97 Å². The topological polar surface area (TPSA) is 119 Å². The van der Waals surface area contributed by atoms with Crippen molar-refractivity contribution in [1.82, 2.24) is 25.1 Å². The molecule has 4 fully saturated rings. The van der Waals surface area contributed by atoms with Gasteiger partial charge < -0.3 is 16.2 Å². The van der Waals surface area contributed by atoms with E-state index in [0.29, 0.717) is 23.4 Å². The number of aliphatic hydroxyl groups is 1. The Hall–Kier alpha value is -3.26. The largest absolute Gasteiger partial charge is 0.390 e. The Labute approximate surface area is 205 Å². The van der Waals surface area contributed by atoms with Crippen molar-refractivity contribution in [1.29, 1.82) is 0 Å². The SMILES string of the molecule is CC(C)n1cc(-c2cccc(-c3cnc(N)c(C(=O)NC4C5CC6CC4CC(O)(C6)C5)n3)c2)cn1. The molecular formula is C27H32N6O2. The van der Waals surface area contributed by atoms with Gasteiger partial charge in [-0.3, -0.25) is 9.48 Å². The molecule has 7 rings (SSSR count). The second kappa shape index (κ2) is 8.16. The van der Waals surface area contributed by atoms with Crippen molar-refractivity contribution in [2.45, 2.75) is 63.6 Å². The molecule has 8 heteroatoms. The van der Waals surface area contributed by atoms with E-state index in [-0.39, 0.29) is 29.5 Å². The monoisotopic (exact) mass is 472 g/mol. The van der Waals surface area contributed by atoms with Crippen molar-refractivity contribution in [3.63, 3.8) is 0 Å². The summed E-state index contributed by atoms with van der Waals surface area (Å²) in [7, 11) is 0. The molecule has 4 aliphatic rings. The van der Waals surface area contributed by atoms with Crippen molar-refractivity contribution in [2.24, 2.45) is 17.8 Å². The molecule has 35 heavy (non-hydrogen) atoms. The van der Waals surface area contributed by atoms with Gasteiger partial charge in [0.15, 0.2) is 11.5 Å². The lowest BCUT2D eigenvalue weighted by Crippen LogP contribution is -2.61. The number of nitrogen functional groups attached to an aromatic ring is 1. The number of rotatable bonds is 5. The van der Waals surface area contributed by atoms with Crippen LogP contribution in [0.3, 0.4) is 0 Å². The van der Waals surface area contributed by atoms with Crippen molar-refractivity contribution >= 4 is 11.7 Å². The van der Waals surface area contributed by atoms with Crippen molar-refractivity contribution in [3.05, 3.63) is 48.5 Å². The van der Waals surface area contributed by atoms with Crippen LogP contribution >= 0.6 is 0 Å². The molecule has 0 spiro atoms. The zero-order chi connectivity index (χ0) is 24.3. The highest BCUT2D eigenvalue weighted by Crippen LogP contribution is 2.55. The van der Waals surface area contributed by atoms with Gasteiger partial charge in [0, 0.05) is 29.4 Å². The molecular weight excluding hydrogens is 440 g/mol. The lowest BCUT2D eigenvalue weighted by molar-refractivity contribution is -0.136. The maximum atomic E-state index is 13.3. The molecule has 2 unspecified atom stereocenters. The van der Waals surface area contributed by atoms with Gasteiger partial charge in [-0.2, -0.15) is 5.10 Å². The summed E-state index contributed by atoms with van der Waals surface area (Å²) in [6.07, 6.45) is 10.1. The lowest BCUT2D eigenvalue weighted by Gasteiger charge is -2.58. The van der Waals surface area contributed by atoms with Gasteiger partial charge in [-0.15, -0.1) is 0 Å². The molecule has 0 aliphatic heterocycles. The van der Waals surface area contributed by atoms with Crippen LogP contribution < -0.4 is 11.1 Å². The molecule has 4 saturated carbocycles. The third-order valence-corrected chi connectivity index (χ3v) is 8.18. The van der Waals surface area contributed by atoms with E-state index in [4.69, 9.17) is 5.73 Å². The van der Waals surface area contributed by atoms with Gasteiger partial charge >= 0.3 is 0 Å². The van der Waals surface area contributed by atoms with E-state index in [1.807, 2.05) is 41.3 Å². The minimum absolute atomic E-state index is 0.0602. The number of carbonyl (C=O) groups excluding carboxylic acids is 1. The third-order valence-electron chi connectivity index (χ3n) is 8.18. The Morgan fingerprint density at radius 2 is 1.89 bits per heavy atom. The average molecular weight is 473 g/mol. The van der Waals surface area contributed by atoms with E-state index in [0.717, 1.165) is 48.8 Å². The van der Waals surface area contributed by atoms with E-state index < -0.39 is 5.60 Å². The summed E-state index contributed by atoms with van der Waals surface area (Å²) in [6.45, 7) is 4.18. The summed E-state index contributed by atoms with van der Waals surface area (Å²) in [5.74, 6) is 1.06. The fraction of sp³-hybridized carbons (Fsp3) is 0.481. The number of benzene rings is 1. The molecule has 4 N–H and O–H groups in total. The molecule has 4 aliphatic carbocycles. The first-order chi connectivity index (χ1) is 16.8. The second-order valence-corrected chi connectivity index (χ2v) is 11.1. The summed E-state index contributed by atoms with van der Waals surface area (Å²) in [4.78, 5) is 22.2. The highest BCUT2D eigenvalue weighted by Gasteiger charge is 2.55. The molecule has 1 aromatic carbocycles. The predicted octanol–water partition coefficient (Wildman–Crippen LogP) is 3.84. The lowest BCUT2D eigenvalue weighted by atomic mass is 9.52. The van der Waals surface area contributed by atoms with Crippen molar-refractivity contribution in [3.8, 4) is 22.4 Å². The van der Waals surface area contributed by atoms with E-state index in [1.54, 1.807) is 6.20 Å². The van der Waals surface area contributed by atoms with Gasteiger partial charge in [-0.1, -0.05) is 18.2 Å². The Morgan fingerprint density at radius 1 is 1.14 bits per heavy atom. The smallest absolute Gasteiger partial charge is 0.273 e.